The highest BCUT2D eigenvalue weighted by Gasteiger charge is 2.30. The number of carbonyl (C=O) groups excluding carboxylic acids is 2. The summed E-state index contributed by atoms with van der Waals surface area (Å²) < 4.78 is 32.1. The summed E-state index contributed by atoms with van der Waals surface area (Å²) in [4.78, 5) is 28.8. The standard InChI is InChI=1S/C32H41N3O5S/c1-5-33-32(37)30(23-26-13-8-7-9-14-26)34(24-27-15-10-12-25(3)22-27)31(36)16-11-21-35(41(4,38)39)28-17-19-29(20-18-28)40-6-2/h7-10,12-15,17-20,22,30H,5-6,11,16,21,23-24H2,1-4H3,(H,33,37)/t30-/m1/s1. The number of rotatable bonds is 15. The molecule has 3 rings (SSSR count). The maximum Gasteiger partial charge on any atom is 0.243 e. The molecule has 0 saturated carbocycles. The van der Waals surface area contributed by atoms with Crippen molar-refractivity contribution >= 4 is 27.5 Å². The van der Waals surface area contributed by atoms with Gasteiger partial charge >= 0.3 is 0 Å². The molecule has 0 unspecified atom stereocenters. The highest BCUT2D eigenvalue weighted by Crippen LogP contribution is 2.23. The minimum atomic E-state index is -3.59. The number of amides is 2. The number of sulfonamides is 1. The Kier molecular flexibility index (Phi) is 11.8. The van der Waals surface area contributed by atoms with Crippen molar-refractivity contribution in [3.8, 4) is 5.75 Å². The van der Waals surface area contributed by atoms with Crippen molar-refractivity contribution in [3.05, 3.63) is 95.6 Å². The first-order valence-corrected chi connectivity index (χ1v) is 15.8. The van der Waals surface area contributed by atoms with E-state index in [1.54, 1.807) is 29.2 Å². The van der Waals surface area contributed by atoms with Crippen LogP contribution in [0.2, 0.25) is 0 Å². The molecule has 0 aliphatic rings. The van der Waals surface area contributed by atoms with Gasteiger partial charge in [-0.05, 0) is 62.6 Å². The Bertz CT molecular complexity index is 1380. The first-order valence-electron chi connectivity index (χ1n) is 14.0. The minimum Gasteiger partial charge on any atom is -0.494 e. The van der Waals surface area contributed by atoms with Gasteiger partial charge in [0.05, 0.1) is 18.6 Å². The van der Waals surface area contributed by atoms with Crippen molar-refractivity contribution in [1.82, 2.24) is 10.2 Å². The molecule has 0 aromatic heterocycles. The van der Waals surface area contributed by atoms with Crippen molar-refractivity contribution < 1.29 is 22.7 Å². The predicted octanol–water partition coefficient (Wildman–Crippen LogP) is 4.72. The fourth-order valence-corrected chi connectivity index (χ4v) is 5.70. The molecule has 9 heteroatoms. The number of carbonyl (C=O) groups is 2. The molecule has 41 heavy (non-hydrogen) atoms. The molecule has 0 radical (unpaired) electrons. The Morgan fingerprint density at radius 2 is 1.61 bits per heavy atom. The second-order valence-corrected chi connectivity index (χ2v) is 11.9. The van der Waals surface area contributed by atoms with Crippen LogP contribution in [0.4, 0.5) is 5.69 Å². The smallest absolute Gasteiger partial charge is 0.243 e. The van der Waals surface area contributed by atoms with Crippen LogP contribution in [0.1, 0.15) is 43.4 Å². The highest BCUT2D eigenvalue weighted by molar-refractivity contribution is 7.92. The molecular formula is C32H41N3O5S. The lowest BCUT2D eigenvalue weighted by Gasteiger charge is -2.32. The second kappa shape index (κ2) is 15.2. The first kappa shape index (κ1) is 31.7. The largest absolute Gasteiger partial charge is 0.494 e. The van der Waals surface area contributed by atoms with E-state index in [1.165, 1.54) is 4.31 Å². The zero-order valence-corrected chi connectivity index (χ0v) is 25.2. The van der Waals surface area contributed by atoms with E-state index in [2.05, 4.69) is 5.32 Å². The van der Waals surface area contributed by atoms with Crippen molar-refractivity contribution in [2.75, 3.05) is 30.3 Å². The zero-order valence-electron chi connectivity index (χ0n) is 24.4. The molecule has 1 atom stereocenters. The Balaban J connectivity index is 1.84. The number of benzene rings is 3. The maximum atomic E-state index is 13.8. The van der Waals surface area contributed by atoms with Gasteiger partial charge in [0.15, 0.2) is 0 Å². The molecule has 0 fully saturated rings. The van der Waals surface area contributed by atoms with E-state index in [0.717, 1.165) is 22.9 Å². The number of ether oxygens (including phenoxy) is 1. The van der Waals surface area contributed by atoms with Gasteiger partial charge in [-0.1, -0.05) is 60.2 Å². The summed E-state index contributed by atoms with van der Waals surface area (Å²) in [6.07, 6.45) is 1.89. The van der Waals surface area contributed by atoms with Gasteiger partial charge in [0, 0.05) is 32.5 Å². The van der Waals surface area contributed by atoms with Gasteiger partial charge in [0.2, 0.25) is 21.8 Å². The molecule has 8 nitrogen and oxygen atoms in total. The van der Waals surface area contributed by atoms with Gasteiger partial charge in [0.25, 0.3) is 0 Å². The SMILES string of the molecule is CCNC(=O)[C@@H](Cc1ccccc1)N(Cc1cccc(C)c1)C(=O)CCCN(c1ccc(OCC)cc1)S(C)(=O)=O. The lowest BCUT2D eigenvalue weighted by atomic mass is 10.0. The van der Waals surface area contributed by atoms with Gasteiger partial charge in [-0.2, -0.15) is 0 Å². The number of nitrogens with one attached hydrogen (secondary N) is 1. The van der Waals surface area contributed by atoms with Gasteiger partial charge in [-0.25, -0.2) is 8.42 Å². The molecule has 0 heterocycles. The molecule has 0 aliphatic carbocycles. The monoisotopic (exact) mass is 579 g/mol. The van der Waals surface area contributed by atoms with Gasteiger partial charge in [-0.3, -0.25) is 13.9 Å². The number of anilines is 1. The molecule has 1 N–H and O–H groups in total. The van der Waals surface area contributed by atoms with Crippen LogP contribution < -0.4 is 14.4 Å². The number of aryl methyl sites for hydroxylation is 1. The summed E-state index contributed by atoms with van der Waals surface area (Å²) in [6.45, 7) is 7.07. The third-order valence-electron chi connectivity index (χ3n) is 6.65. The van der Waals surface area contributed by atoms with Crippen LogP contribution in [0.15, 0.2) is 78.9 Å². The topological polar surface area (TPSA) is 96.0 Å². The molecular weight excluding hydrogens is 538 g/mol. The second-order valence-electron chi connectivity index (χ2n) is 9.98. The van der Waals surface area contributed by atoms with Crippen molar-refractivity contribution in [1.29, 1.82) is 0 Å². The molecule has 220 valence electrons. The van der Waals surface area contributed by atoms with Crippen molar-refractivity contribution in [2.24, 2.45) is 0 Å². The average Bonchev–Trinajstić information content (AvgIpc) is 2.94. The van der Waals surface area contributed by atoms with Crippen LogP contribution in [0.5, 0.6) is 5.75 Å². The molecule has 0 aliphatic heterocycles. The van der Waals surface area contributed by atoms with Crippen LogP contribution in [0, 0.1) is 6.92 Å². The van der Waals surface area contributed by atoms with E-state index in [1.807, 2.05) is 75.4 Å². The number of nitrogens with zero attached hydrogens (tertiary/aromatic N) is 2. The van der Waals surface area contributed by atoms with E-state index < -0.39 is 16.1 Å². The Hall–Kier alpha value is -3.85. The summed E-state index contributed by atoms with van der Waals surface area (Å²) in [5.41, 5.74) is 3.44. The fourth-order valence-electron chi connectivity index (χ4n) is 4.73. The van der Waals surface area contributed by atoms with Crippen molar-refractivity contribution in [3.63, 3.8) is 0 Å². The lowest BCUT2D eigenvalue weighted by molar-refractivity contribution is -0.141. The molecule has 2 amide bonds. The van der Waals surface area contributed by atoms with Crippen LogP contribution in [-0.4, -0.2) is 57.1 Å². The first-order chi connectivity index (χ1) is 19.6. The maximum absolute atomic E-state index is 13.8. The van der Waals surface area contributed by atoms with Crippen LogP contribution in [-0.2, 0) is 32.6 Å². The summed E-state index contributed by atoms with van der Waals surface area (Å²) in [5, 5.41) is 2.90. The third-order valence-corrected chi connectivity index (χ3v) is 7.84. The summed E-state index contributed by atoms with van der Waals surface area (Å²) in [6, 6.07) is 23.6. The highest BCUT2D eigenvalue weighted by atomic mass is 32.2. The minimum absolute atomic E-state index is 0.0829. The van der Waals surface area contributed by atoms with Gasteiger partial charge < -0.3 is 15.0 Å². The fraction of sp³-hybridized carbons (Fsp3) is 0.375. The number of likely N-dealkylation sites (N-methyl/N-ethyl adjacent to an activating group) is 1. The quantitative estimate of drug-likeness (QED) is 0.281. The number of hydrogen-bond donors (Lipinski definition) is 1. The van der Waals surface area contributed by atoms with E-state index >= 15 is 0 Å². The normalized spacial score (nSPS) is 11.9. The summed E-state index contributed by atoms with van der Waals surface area (Å²) in [5.74, 6) is 0.227. The summed E-state index contributed by atoms with van der Waals surface area (Å²) in [7, 11) is -3.59. The average molecular weight is 580 g/mol. The zero-order chi connectivity index (χ0) is 29.8. The lowest BCUT2D eigenvalue weighted by Crippen LogP contribution is -2.50. The van der Waals surface area contributed by atoms with Crippen LogP contribution in [0.3, 0.4) is 0 Å². The molecule has 3 aromatic carbocycles. The predicted molar refractivity (Wildman–Crippen MR) is 163 cm³/mol. The van der Waals surface area contributed by atoms with E-state index in [9.17, 15) is 18.0 Å². The Morgan fingerprint density at radius 1 is 0.927 bits per heavy atom. The van der Waals surface area contributed by atoms with E-state index in [4.69, 9.17) is 4.74 Å². The van der Waals surface area contributed by atoms with Crippen LogP contribution in [0.25, 0.3) is 0 Å². The van der Waals surface area contributed by atoms with Crippen molar-refractivity contribution in [2.45, 2.75) is 52.6 Å². The summed E-state index contributed by atoms with van der Waals surface area (Å²) >= 11 is 0. The van der Waals surface area contributed by atoms with Gasteiger partial charge in [-0.15, -0.1) is 0 Å². The van der Waals surface area contributed by atoms with E-state index in [-0.39, 0.29) is 37.7 Å². The molecule has 0 saturated heterocycles. The Morgan fingerprint density at radius 3 is 2.22 bits per heavy atom. The van der Waals surface area contributed by atoms with Crippen LogP contribution >= 0.6 is 0 Å². The molecule has 3 aromatic rings. The molecule has 0 bridgehead atoms. The van der Waals surface area contributed by atoms with Gasteiger partial charge in [0.1, 0.15) is 11.8 Å². The number of hydrogen-bond acceptors (Lipinski definition) is 5. The third kappa shape index (κ3) is 9.63. The molecule has 0 spiro atoms. The Labute approximate surface area is 244 Å². The van der Waals surface area contributed by atoms with E-state index in [0.29, 0.717) is 31.0 Å².